The summed E-state index contributed by atoms with van der Waals surface area (Å²) in [6.45, 7) is 0.0451. The van der Waals surface area contributed by atoms with Gasteiger partial charge in [0, 0.05) is 12.1 Å². The number of nitrogens with one attached hydrogen (secondary N) is 2. The molecule has 2 N–H and O–H groups in total. The minimum Gasteiger partial charge on any atom is -0.362 e. The van der Waals surface area contributed by atoms with E-state index in [9.17, 15) is 25.0 Å². The predicted molar refractivity (Wildman–Crippen MR) is 110 cm³/mol. The number of carbonyl (C=O) groups excluding carboxylic acids is 1. The number of hydrogen-bond donors (Lipinski definition) is 2. The van der Waals surface area contributed by atoms with Crippen molar-refractivity contribution in [3.63, 3.8) is 0 Å². The lowest BCUT2D eigenvalue weighted by Crippen LogP contribution is -2.34. The number of carbonyl (C=O) groups is 1. The number of amidine groups is 1. The van der Waals surface area contributed by atoms with E-state index in [1.165, 1.54) is 28.8 Å². The van der Waals surface area contributed by atoms with E-state index >= 15 is 0 Å². The van der Waals surface area contributed by atoms with Crippen molar-refractivity contribution in [2.45, 2.75) is 0 Å². The second-order valence-corrected chi connectivity index (χ2v) is 6.71. The Labute approximate surface area is 169 Å². The zero-order valence-corrected chi connectivity index (χ0v) is 15.8. The van der Waals surface area contributed by atoms with Crippen molar-refractivity contribution in [3.05, 3.63) is 68.8 Å². The molecule has 150 valence electrons. The van der Waals surface area contributed by atoms with Crippen LogP contribution in [0.25, 0.3) is 0 Å². The molecule has 0 bridgehead atoms. The second-order valence-electron chi connectivity index (χ2n) is 5.77. The van der Waals surface area contributed by atoms with Crippen molar-refractivity contribution in [2.75, 3.05) is 29.7 Å². The van der Waals surface area contributed by atoms with Gasteiger partial charge < -0.3 is 10.6 Å². The molecule has 2 aromatic carbocycles. The van der Waals surface area contributed by atoms with Crippen molar-refractivity contribution in [1.29, 1.82) is 0 Å². The van der Waals surface area contributed by atoms with Gasteiger partial charge in [-0.15, -0.1) is 0 Å². The third-order valence-electron chi connectivity index (χ3n) is 3.97. The number of hydrogen-bond acceptors (Lipinski definition) is 9. The summed E-state index contributed by atoms with van der Waals surface area (Å²) in [5, 5.41) is 28.3. The van der Waals surface area contributed by atoms with Gasteiger partial charge in [-0.1, -0.05) is 36.0 Å². The van der Waals surface area contributed by atoms with Crippen LogP contribution in [0.15, 0.2) is 53.5 Å². The monoisotopic (exact) mass is 416 g/mol. The van der Waals surface area contributed by atoms with Gasteiger partial charge in [0.25, 0.3) is 11.4 Å². The van der Waals surface area contributed by atoms with Gasteiger partial charge in [0.15, 0.2) is 5.17 Å². The van der Waals surface area contributed by atoms with Crippen LogP contribution < -0.4 is 10.6 Å². The molecule has 1 fully saturated rings. The molecule has 1 saturated heterocycles. The van der Waals surface area contributed by atoms with Crippen molar-refractivity contribution in [3.8, 4) is 0 Å². The molecule has 0 radical (unpaired) electrons. The standard InChI is InChI=1S/C17H16N6O5S/c24-16-9-29-17(19-10-18-12-5-1-3-7-14(12)22(25)26)21(16)11-20-13-6-2-4-8-15(13)23(27)28/h1-8,18,20H,9-11H2. The molecule has 1 aliphatic heterocycles. The van der Waals surface area contributed by atoms with Gasteiger partial charge in [0.05, 0.1) is 22.3 Å². The zero-order valence-electron chi connectivity index (χ0n) is 15.0. The molecule has 29 heavy (non-hydrogen) atoms. The number of rotatable bonds is 8. The molecular weight excluding hydrogens is 400 g/mol. The molecule has 11 nitrogen and oxygen atoms in total. The van der Waals surface area contributed by atoms with E-state index in [1.54, 1.807) is 36.4 Å². The fraction of sp³-hybridized carbons (Fsp3) is 0.176. The number of nitro groups is 2. The van der Waals surface area contributed by atoms with Crippen LogP contribution in [-0.2, 0) is 4.79 Å². The lowest BCUT2D eigenvalue weighted by molar-refractivity contribution is -0.384. The minimum atomic E-state index is -0.505. The van der Waals surface area contributed by atoms with Crippen LogP contribution in [0.1, 0.15) is 0 Å². The van der Waals surface area contributed by atoms with Gasteiger partial charge in [-0.05, 0) is 12.1 Å². The molecule has 12 heteroatoms. The van der Waals surface area contributed by atoms with Crippen LogP contribution in [0, 0.1) is 20.2 Å². The lowest BCUT2D eigenvalue weighted by Gasteiger charge is -2.17. The van der Waals surface area contributed by atoms with Gasteiger partial charge in [-0.3, -0.25) is 29.9 Å². The molecule has 0 aliphatic carbocycles. The summed E-state index contributed by atoms with van der Waals surface area (Å²) in [5.41, 5.74) is 0.446. The Hall–Kier alpha value is -3.67. The molecule has 0 saturated carbocycles. The number of anilines is 2. The number of thioether (sulfide) groups is 1. The third-order valence-corrected chi connectivity index (χ3v) is 4.97. The number of benzene rings is 2. The van der Waals surface area contributed by atoms with E-state index in [1.807, 2.05) is 0 Å². The second kappa shape index (κ2) is 9.01. The average Bonchev–Trinajstić information content (AvgIpc) is 3.06. The molecule has 2 aromatic rings. The highest BCUT2D eigenvalue weighted by Crippen LogP contribution is 2.26. The Bertz CT molecular complexity index is 982. The van der Waals surface area contributed by atoms with E-state index in [2.05, 4.69) is 15.6 Å². The number of aliphatic imine (C=N–C) groups is 1. The Morgan fingerprint density at radius 1 is 0.966 bits per heavy atom. The zero-order chi connectivity index (χ0) is 20.8. The highest BCUT2D eigenvalue weighted by atomic mass is 32.2. The van der Waals surface area contributed by atoms with Crippen LogP contribution in [0.5, 0.6) is 0 Å². The topological polar surface area (TPSA) is 143 Å². The summed E-state index contributed by atoms with van der Waals surface area (Å²) >= 11 is 1.23. The van der Waals surface area contributed by atoms with Gasteiger partial charge in [-0.25, -0.2) is 4.99 Å². The van der Waals surface area contributed by atoms with E-state index in [0.29, 0.717) is 16.5 Å². The van der Waals surface area contributed by atoms with Crippen molar-refractivity contribution in [1.82, 2.24) is 4.90 Å². The summed E-state index contributed by atoms with van der Waals surface area (Å²) in [6, 6.07) is 12.3. The Morgan fingerprint density at radius 3 is 2.10 bits per heavy atom. The van der Waals surface area contributed by atoms with Crippen LogP contribution in [0.2, 0.25) is 0 Å². The molecular formula is C17H16N6O5S. The van der Waals surface area contributed by atoms with Crippen LogP contribution in [0.4, 0.5) is 22.7 Å². The largest absolute Gasteiger partial charge is 0.362 e. The highest BCUT2D eigenvalue weighted by Gasteiger charge is 2.28. The van der Waals surface area contributed by atoms with Crippen molar-refractivity contribution >= 4 is 45.6 Å². The quantitative estimate of drug-likeness (QED) is 0.494. The molecule has 1 heterocycles. The summed E-state index contributed by atoms with van der Waals surface area (Å²) in [7, 11) is 0. The van der Waals surface area contributed by atoms with Crippen LogP contribution >= 0.6 is 11.8 Å². The van der Waals surface area contributed by atoms with Gasteiger partial charge in [0.2, 0.25) is 5.91 Å². The molecule has 0 spiro atoms. The van der Waals surface area contributed by atoms with Gasteiger partial charge >= 0.3 is 0 Å². The first-order valence-electron chi connectivity index (χ1n) is 8.39. The van der Waals surface area contributed by atoms with E-state index < -0.39 is 9.85 Å². The third kappa shape index (κ3) is 4.79. The fourth-order valence-electron chi connectivity index (χ4n) is 2.60. The first-order chi connectivity index (χ1) is 14.0. The molecule has 0 unspecified atom stereocenters. The lowest BCUT2D eigenvalue weighted by atomic mass is 10.3. The maximum Gasteiger partial charge on any atom is 0.292 e. The SMILES string of the molecule is O=C1CSC(=NCNc2ccccc2[N+](=O)[O-])N1CNc1ccccc1[N+](=O)[O-]. The maximum absolute atomic E-state index is 12.1. The van der Waals surface area contributed by atoms with E-state index in [-0.39, 0.29) is 36.4 Å². The maximum atomic E-state index is 12.1. The molecule has 3 rings (SSSR count). The Balaban J connectivity index is 1.66. The highest BCUT2D eigenvalue weighted by molar-refractivity contribution is 8.15. The number of nitro benzene ring substituents is 2. The van der Waals surface area contributed by atoms with Crippen LogP contribution in [-0.4, -0.2) is 44.9 Å². The first-order valence-corrected chi connectivity index (χ1v) is 9.38. The van der Waals surface area contributed by atoms with Crippen molar-refractivity contribution in [2.24, 2.45) is 4.99 Å². The normalized spacial score (nSPS) is 14.8. The van der Waals surface area contributed by atoms with Crippen LogP contribution in [0.3, 0.4) is 0 Å². The summed E-state index contributed by atoms with van der Waals surface area (Å²) < 4.78 is 0. The predicted octanol–water partition coefficient (Wildman–Crippen LogP) is 2.87. The average molecular weight is 416 g/mol. The Morgan fingerprint density at radius 2 is 1.52 bits per heavy atom. The van der Waals surface area contributed by atoms with Crippen molar-refractivity contribution < 1.29 is 14.6 Å². The number of amides is 1. The van der Waals surface area contributed by atoms with E-state index in [0.717, 1.165) is 0 Å². The molecule has 0 aromatic heterocycles. The van der Waals surface area contributed by atoms with E-state index in [4.69, 9.17) is 0 Å². The number of nitrogens with zero attached hydrogens (tertiary/aromatic N) is 4. The summed E-state index contributed by atoms with van der Waals surface area (Å²) in [4.78, 5) is 39.0. The molecule has 1 amide bonds. The molecule has 0 atom stereocenters. The fourth-order valence-corrected chi connectivity index (χ4v) is 3.48. The number of para-hydroxylation sites is 4. The molecule has 1 aliphatic rings. The minimum absolute atomic E-state index is 0.0149. The summed E-state index contributed by atoms with van der Waals surface area (Å²) in [5.74, 6) is 0.00797. The first kappa shape index (κ1) is 20.1. The van der Waals surface area contributed by atoms with Gasteiger partial charge in [-0.2, -0.15) is 0 Å². The van der Waals surface area contributed by atoms with Gasteiger partial charge in [0.1, 0.15) is 18.0 Å². The smallest absolute Gasteiger partial charge is 0.292 e. The Kier molecular flexibility index (Phi) is 6.24. The summed E-state index contributed by atoms with van der Waals surface area (Å²) in [6.07, 6.45) is 0.